The molecule has 4 aliphatic rings. The molecule has 3 saturated heterocycles. The van der Waals surface area contributed by atoms with Crippen molar-refractivity contribution in [1.29, 1.82) is 0 Å². The van der Waals surface area contributed by atoms with Gasteiger partial charge >= 0.3 is 0 Å². The zero-order valence-corrected chi connectivity index (χ0v) is 27.5. The molecule has 1 saturated carbocycles. The molecule has 16 atom stereocenters. The SMILES string of the molecule is COCC1O[C@@H](OC)C(OC)[C@@H](OC)[C@H]1O[C@@H]1OC(C)[C@H](N[C@H]2C(OC)[C@@H](OC)[C@@H](CO)C3(COC)OC23)[C@H](OC)C1OC. The first kappa shape index (κ1) is 36.2. The largest absolute Gasteiger partial charge is 0.396 e. The van der Waals surface area contributed by atoms with Crippen LogP contribution in [0.4, 0.5) is 0 Å². The van der Waals surface area contributed by atoms with Crippen LogP contribution in [0.5, 0.6) is 0 Å². The second-order valence-corrected chi connectivity index (χ2v) is 11.7. The molecule has 4 fully saturated rings. The average molecular weight is 640 g/mol. The fraction of sp³-hybridized carbons (Fsp3) is 1.00. The lowest BCUT2D eigenvalue weighted by molar-refractivity contribution is -0.355. The summed E-state index contributed by atoms with van der Waals surface area (Å²) in [5.41, 5.74) is -0.713. The maximum absolute atomic E-state index is 10.3. The third-order valence-corrected chi connectivity index (χ3v) is 9.63. The minimum Gasteiger partial charge on any atom is -0.396 e. The smallest absolute Gasteiger partial charge is 0.187 e. The number of rotatable bonds is 16. The van der Waals surface area contributed by atoms with Gasteiger partial charge in [0.25, 0.3) is 0 Å². The minimum atomic E-state index is -0.861. The third kappa shape index (κ3) is 6.57. The number of nitrogens with one attached hydrogen (secondary N) is 1. The number of ether oxygens (including phenoxy) is 13. The number of hydrogen-bond donors (Lipinski definition) is 2. The fourth-order valence-electron chi connectivity index (χ4n) is 7.52. The number of methoxy groups -OCH3 is 9. The Hall–Kier alpha value is -0.600. The Kier molecular flexibility index (Phi) is 13.2. The molecule has 15 nitrogen and oxygen atoms in total. The number of epoxide rings is 1. The molecule has 0 radical (unpaired) electrons. The third-order valence-electron chi connectivity index (χ3n) is 9.63. The van der Waals surface area contributed by atoms with E-state index in [-0.39, 0.29) is 37.3 Å². The zero-order valence-electron chi connectivity index (χ0n) is 27.5. The van der Waals surface area contributed by atoms with Crippen LogP contribution in [0, 0.1) is 5.92 Å². The summed E-state index contributed by atoms with van der Waals surface area (Å²) < 4.78 is 77.5. The summed E-state index contributed by atoms with van der Waals surface area (Å²) in [5.74, 6) is -0.330. The van der Waals surface area contributed by atoms with E-state index in [1.54, 1.807) is 64.0 Å². The first-order valence-electron chi connectivity index (χ1n) is 15.0. The van der Waals surface area contributed by atoms with Gasteiger partial charge in [-0.2, -0.15) is 0 Å². The van der Waals surface area contributed by atoms with Gasteiger partial charge in [0.1, 0.15) is 54.4 Å². The normalized spacial score (nSPS) is 47.4. The Morgan fingerprint density at radius 3 is 1.75 bits per heavy atom. The summed E-state index contributed by atoms with van der Waals surface area (Å²) in [4.78, 5) is 0. The topological polar surface area (TPSA) is 156 Å². The van der Waals surface area contributed by atoms with Gasteiger partial charge in [0.05, 0.1) is 44.1 Å². The van der Waals surface area contributed by atoms with Crippen molar-refractivity contribution in [3.05, 3.63) is 0 Å². The molecule has 258 valence electrons. The predicted molar refractivity (Wildman–Crippen MR) is 152 cm³/mol. The lowest BCUT2D eigenvalue weighted by Crippen LogP contribution is -2.71. The zero-order chi connectivity index (χ0) is 32.2. The number of aliphatic hydroxyl groups excluding tert-OH is 1. The predicted octanol–water partition coefficient (Wildman–Crippen LogP) is -1.04. The van der Waals surface area contributed by atoms with E-state index in [1.165, 1.54) is 0 Å². The van der Waals surface area contributed by atoms with Crippen LogP contribution in [0.1, 0.15) is 6.92 Å². The standard InChI is InChI=1S/C29H53NO14/c1-14-17(30-18-22(36-6)19(34-4)15(11-31)29(13-33-3)26(18)44-29)21(35-5)24(38-8)28(41-14)43-20-16(12-32-2)42-27(40-10)25(39-9)23(20)37-7/h14-28,30-31H,11-13H2,1-10H3/t14?,15-,16?,17+,18+,19+,20+,21+,22?,23+,24?,25?,26?,27-,28+,29?/m1/s1. The van der Waals surface area contributed by atoms with Crippen LogP contribution in [-0.4, -0.2) is 180 Å². The van der Waals surface area contributed by atoms with Crippen molar-refractivity contribution in [2.24, 2.45) is 5.92 Å². The van der Waals surface area contributed by atoms with Gasteiger partial charge in [-0.1, -0.05) is 0 Å². The Morgan fingerprint density at radius 1 is 0.636 bits per heavy atom. The fourth-order valence-corrected chi connectivity index (χ4v) is 7.52. The van der Waals surface area contributed by atoms with Crippen LogP contribution >= 0.6 is 0 Å². The van der Waals surface area contributed by atoms with Gasteiger partial charge in [0, 0.05) is 69.9 Å². The minimum absolute atomic E-state index is 0.133. The van der Waals surface area contributed by atoms with Gasteiger partial charge in [-0.05, 0) is 6.92 Å². The second kappa shape index (κ2) is 16.0. The molecule has 7 unspecified atom stereocenters. The van der Waals surface area contributed by atoms with Gasteiger partial charge in [0.2, 0.25) is 0 Å². The van der Waals surface area contributed by atoms with E-state index in [0.717, 1.165) is 0 Å². The number of aliphatic hydroxyl groups is 1. The molecule has 0 aromatic heterocycles. The Bertz CT molecular complexity index is 874. The lowest BCUT2D eigenvalue weighted by Gasteiger charge is -2.50. The molecular formula is C29H53NO14. The maximum atomic E-state index is 10.3. The highest BCUT2D eigenvalue weighted by Gasteiger charge is 2.72. The van der Waals surface area contributed by atoms with Crippen molar-refractivity contribution < 1.29 is 66.7 Å². The lowest BCUT2D eigenvalue weighted by atomic mass is 9.73. The van der Waals surface area contributed by atoms with Gasteiger partial charge in [-0.15, -0.1) is 0 Å². The van der Waals surface area contributed by atoms with Crippen molar-refractivity contribution in [3.8, 4) is 0 Å². The highest BCUT2D eigenvalue weighted by molar-refractivity contribution is 5.22. The molecule has 15 heteroatoms. The van der Waals surface area contributed by atoms with Gasteiger partial charge in [0.15, 0.2) is 12.6 Å². The van der Waals surface area contributed by atoms with Crippen LogP contribution in [0.25, 0.3) is 0 Å². The maximum Gasteiger partial charge on any atom is 0.187 e. The molecule has 3 aliphatic heterocycles. The average Bonchev–Trinajstić information content (AvgIpc) is 3.76. The van der Waals surface area contributed by atoms with E-state index in [4.69, 9.17) is 61.6 Å². The summed E-state index contributed by atoms with van der Waals surface area (Å²) in [6, 6.07) is -0.712. The first-order valence-corrected chi connectivity index (χ1v) is 15.0. The molecule has 3 heterocycles. The Balaban J connectivity index is 1.58. The van der Waals surface area contributed by atoms with E-state index >= 15 is 0 Å². The van der Waals surface area contributed by atoms with Crippen LogP contribution in [0.2, 0.25) is 0 Å². The van der Waals surface area contributed by atoms with Crippen LogP contribution in [0.3, 0.4) is 0 Å². The monoisotopic (exact) mass is 639 g/mol. The molecule has 4 rings (SSSR count). The highest BCUT2D eigenvalue weighted by Crippen LogP contribution is 2.53. The van der Waals surface area contributed by atoms with Crippen molar-refractivity contribution in [3.63, 3.8) is 0 Å². The molecule has 0 bridgehead atoms. The van der Waals surface area contributed by atoms with E-state index in [0.29, 0.717) is 6.61 Å². The summed E-state index contributed by atoms with van der Waals surface area (Å²) in [6.07, 6.45) is -6.68. The first-order chi connectivity index (χ1) is 21.3. The molecule has 44 heavy (non-hydrogen) atoms. The molecule has 2 N–H and O–H groups in total. The quantitative estimate of drug-likeness (QED) is 0.197. The Morgan fingerprint density at radius 2 is 1.23 bits per heavy atom. The van der Waals surface area contributed by atoms with Crippen LogP contribution < -0.4 is 5.32 Å². The van der Waals surface area contributed by atoms with Crippen molar-refractivity contribution in [2.75, 3.05) is 83.8 Å². The van der Waals surface area contributed by atoms with E-state index < -0.39 is 73.1 Å². The van der Waals surface area contributed by atoms with Crippen molar-refractivity contribution in [2.45, 2.75) is 98.2 Å². The molecule has 0 amide bonds. The number of hydrogen-bond acceptors (Lipinski definition) is 15. The molecule has 0 aromatic carbocycles. The molecular weight excluding hydrogens is 586 g/mol. The Labute approximate surface area is 260 Å². The van der Waals surface area contributed by atoms with Crippen LogP contribution in [-0.2, 0) is 61.6 Å². The van der Waals surface area contributed by atoms with Gasteiger partial charge in [-0.25, -0.2) is 0 Å². The van der Waals surface area contributed by atoms with Crippen molar-refractivity contribution >= 4 is 0 Å². The van der Waals surface area contributed by atoms with Gasteiger partial charge in [-0.3, -0.25) is 0 Å². The number of fused-ring (bicyclic) bond motifs is 1. The van der Waals surface area contributed by atoms with E-state index in [2.05, 4.69) is 5.32 Å². The summed E-state index contributed by atoms with van der Waals surface area (Å²) in [5, 5.41) is 14.0. The summed E-state index contributed by atoms with van der Waals surface area (Å²) >= 11 is 0. The van der Waals surface area contributed by atoms with Crippen molar-refractivity contribution in [1.82, 2.24) is 5.32 Å². The van der Waals surface area contributed by atoms with Crippen LogP contribution in [0.15, 0.2) is 0 Å². The molecule has 0 spiro atoms. The van der Waals surface area contributed by atoms with Gasteiger partial charge < -0.3 is 72.0 Å². The summed E-state index contributed by atoms with van der Waals surface area (Å²) in [7, 11) is 14.3. The molecule has 1 aliphatic carbocycles. The van der Waals surface area contributed by atoms with E-state index in [9.17, 15) is 5.11 Å². The summed E-state index contributed by atoms with van der Waals surface area (Å²) in [6.45, 7) is 2.33. The second-order valence-electron chi connectivity index (χ2n) is 11.7. The molecule has 0 aromatic rings. The van der Waals surface area contributed by atoms with E-state index in [1.807, 2.05) is 6.92 Å². The highest BCUT2D eigenvalue weighted by atomic mass is 16.8.